The van der Waals surface area contributed by atoms with E-state index in [4.69, 9.17) is 11.6 Å². The Labute approximate surface area is 158 Å². The number of nitrogens with one attached hydrogen (secondary N) is 1. The average Bonchev–Trinajstić information content (AvgIpc) is 2.55. The quantitative estimate of drug-likeness (QED) is 0.674. The number of alkyl halides is 3. The summed E-state index contributed by atoms with van der Waals surface area (Å²) in [7, 11) is -3.91. The number of anilines is 1. The van der Waals surface area contributed by atoms with Crippen molar-refractivity contribution in [1.82, 2.24) is 4.31 Å². The maximum atomic E-state index is 12.7. The molecule has 0 aliphatic carbocycles. The van der Waals surface area contributed by atoms with E-state index in [0.29, 0.717) is 6.92 Å². The van der Waals surface area contributed by atoms with Gasteiger partial charge in [0, 0.05) is 13.1 Å². The van der Waals surface area contributed by atoms with E-state index in [9.17, 15) is 36.6 Å². The van der Waals surface area contributed by atoms with Crippen molar-refractivity contribution in [3.8, 4) is 0 Å². The monoisotopic (exact) mass is 430 g/mol. The third-order valence-corrected chi connectivity index (χ3v) is 6.45. The third-order valence-electron chi connectivity index (χ3n) is 4.24. The van der Waals surface area contributed by atoms with Gasteiger partial charge in [0.15, 0.2) is 0 Å². The molecule has 0 saturated carbocycles. The summed E-state index contributed by atoms with van der Waals surface area (Å²) in [5, 5.41) is 20.3. The van der Waals surface area contributed by atoms with E-state index in [2.05, 4.69) is 0 Å². The number of rotatable bonds is 4. The zero-order valence-electron chi connectivity index (χ0n) is 14.1. The van der Waals surface area contributed by atoms with Gasteiger partial charge in [0.05, 0.1) is 21.7 Å². The summed E-state index contributed by atoms with van der Waals surface area (Å²) in [4.78, 5) is 11.5. The van der Waals surface area contributed by atoms with Gasteiger partial charge >= 0.3 is 6.18 Å². The molecule has 1 heterocycles. The second-order valence-corrected chi connectivity index (χ2v) is 8.65. The number of nitrogens with zero attached hydrogens (tertiary/aromatic N) is 1. The van der Waals surface area contributed by atoms with E-state index >= 15 is 0 Å². The van der Waals surface area contributed by atoms with Gasteiger partial charge in [0.1, 0.15) is 0 Å². The minimum absolute atomic E-state index is 0.119. The molecule has 1 aromatic rings. The molecule has 1 amide bonds. The molecule has 1 atom stereocenters. The van der Waals surface area contributed by atoms with E-state index < -0.39 is 33.8 Å². The van der Waals surface area contributed by atoms with Gasteiger partial charge in [-0.2, -0.15) is 17.5 Å². The third kappa shape index (κ3) is 4.54. The molecule has 0 aromatic heterocycles. The molecular weight excluding hydrogens is 413 g/mol. The Kier molecular flexibility index (Phi) is 6.12. The highest BCUT2D eigenvalue weighted by atomic mass is 35.5. The van der Waals surface area contributed by atoms with Crippen molar-refractivity contribution in [3.63, 3.8) is 0 Å². The summed E-state index contributed by atoms with van der Waals surface area (Å²) in [6.45, 7) is 0.530. The summed E-state index contributed by atoms with van der Waals surface area (Å²) in [5.74, 6) is -1.75. The Morgan fingerprint density at radius 3 is 2.33 bits per heavy atom. The zero-order chi connectivity index (χ0) is 20.6. The number of hydrogen-bond acceptors (Lipinski definition) is 5. The second-order valence-electron chi connectivity index (χ2n) is 6.30. The van der Waals surface area contributed by atoms with Crippen LogP contribution in [0.15, 0.2) is 23.1 Å². The van der Waals surface area contributed by atoms with Crippen LogP contribution in [0.4, 0.5) is 18.9 Å². The number of benzene rings is 1. The molecule has 0 unspecified atom stereocenters. The zero-order valence-corrected chi connectivity index (χ0v) is 15.7. The molecular formula is C15H18ClF3N2O5S. The van der Waals surface area contributed by atoms with E-state index in [1.807, 2.05) is 5.32 Å². The summed E-state index contributed by atoms with van der Waals surface area (Å²) in [6.07, 6.45) is -5.20. The molecule has 1 saturated heterocycles. The van der Waals surface area contributed by atoms with Crippen LogP contribution in [0.25, 0.3) is 0 Å². The summed E-state index contributed by atoms with van der Waals surface area (Å²) < 4.78 is 64.4. The van der Waals surface area contributed by atoms with Crippen molar-refractivity contribution in [3.05, 3.63) is 23.2 Å². The van der Waals surface area contributed by atoms with Gasteiger partial charge in [-0.1, -0.05) is 11.6 Å². The van der Waals surface area contributed by atoms with Crippen LogP contribution in [0.5, 0.6) is 0 Å². The van der Waals surface area contributed by atoms with Gasteiger partial charge in [-0.3, -0.25) is 4.79 Å². The number of amides is 1. The van der Waals surface area contributed by atoms with E-state index in [1.54, 1.807) is 0 Å². The van der Waals surface area contributed by atoms with Gasteiger partial charge in [0.2, 0.25) is 15.6 Å². The van der Waals surface area contributed by atoms with Crippen LogP contribution in [0.2, 0.25) is 5.02 Å². The van der Waals surface area contributed by atoms with E-state index in [-0.39, 0.29) is 41.5 Å². The Bertz CT molecular complexity index is 821. The van der Waals surface area contributed by atoms with Crippen LogP contribution >= 0.6 is 11.6 Å². The number of piperidine rings is 1. The standard InChI is InChI=1S/C15H18ClF3N2O5S/c1-14(24,15(17,18)19)13(23)20-12-3-2-10(8-11(12)16)27(25,26)21-6-4-9(22)5-7-21/h2-3,8-9,22,24H,4-7H2,1H3,(H,20,23)/t14-/m1/s1. The molecule has 1 aliphatic heterocycles. The lowest BCUT2D eigenvalue weighted by Crippen LogP contribution is -2.52. The fourth-order valence-corrected chi connectivity index (χ4v) is 4.15. The summed E-state index contributed by atoms with van der Waals surface area (Å²) in [6, 6.07) is 3.13. The van der Waals surface area contributed by atoms with Crippen molar-refractivity contribution in [2.24, 2.45) is 0 Å². The van der Waals surface area contributed by atoms with Crippen LogP contribution in [0.3, 0.4) is 0 Å². The molecule has 1 aromatic carbocycles. The number of hydrogen-bond donors (Lipinski definition) is 3. The predicted octanol–water partition coefficient (Wildman–Crippen LogP) is 1.74. The maximum absolute atomic E-state index is 12.7. The second kappa shape index (κ2) is 7.55. The molecule has 0 bridgehead atoms. The highest BCUT2D eigenvalue weighted by Gasteiger charge is 2.55. The van der Waals surface area contributed by atoms with Crippen molar-refractivity contribution in [2.45, 2.75) is 42.5 Å². The van der Waals surface area contributed by atoms with Crippen LogP contribution in [-0.4, -0.2) is 59.8 Å². The molecule has 0 spiro atoms. The number of sulfonamides is 1. The largest absolute Gasteiger partial charge is 0.426 e. The van der Waals surface area contributed by atoms with Crippen molar-refractivity contribution in [2.75, 3.05) is 18.4 Å². The van der Waals surface area contributed by atoms with Gasteiger partial charge in [-0.25, -0.2) is 8.42 Å². The molecule has 12 heteroatoms. The average molecular weight is 431 g/mol. The molecule has 7 nitrogen and oxygen atoms in total. The van der Waals surface area contributed by atoms with Crippen molar-refractivity contribution >= 4 is 33.2 Å². The first-order chi connectivity index (χ1) is 12.3. The number of aliphatic hydroxyl groups excluding tert-OH is 1. The first-order valence-corrected chi connectivity index (χ1v) is 9.67. The van der Waals surface area contributed by atoms with Crippen molar-refractivity contribution < 1.29 is 36.6 Å². The van der Waals surface area contributed by atoms with E-state index in [0.717, 1.165) is 22.5 Å². The Hall–Kier alpha value is -1.40. The smallest absolute Gasteiger partial charge is 0.393 e. The van der Waals surface area contributed by atoms with Gasteiger partial charge < -0.3 is 15.5 Å². The lowest BCUT2D eigenvalue weighted by molar-refractivity contribution is -0.242. The number of carbonyl (C=O) groups is 1. The normalized spacial score (nSPS) is 19.5. The first kappa shape index (κ1) is 21.9. The minimum atomic E-state index is -5.20. The summed E-state index contributed by atoms with van der Waals surface area (Å²) >= 11 is 5.91. The minimum Gasteiger partial charge on any atom is -0.393 e. The fourth-order valence-electron chi connectivity index (χ4n) is 2.36. The molecule has 1 aliphatic rings. The van der Waals surface area contributed by atoms with Crippen molar-refractivity contribution in [1.29, 1.82) is 0 Å². The topological polar surface area (TPSA) is 107 Å². The van der Waals surface area contributed by atoms with Gasteiger partial charge in [-0.05, 0) is 38.0 Å². The van der Waals surface area contributed by atoms with Crippen LogP contribution in [0.1, 0.15) is 19.8 Å². The fraction of sp³-hybridized carbons (Fsp3) is 0.533. The number of carbonyl (C=O) groups excluding carboxylic acids is 1. The number of halogens is 4. The van der Waals surface area contributed by atoms with E-state index in [1.165, 1.54) is 0 Å². The predicted molar refractivity (Wildman–Crippen MR) is 90.8 cm³/mol. The molecule has 1 fully saturated rings. The van der Waals surface area contributed by atoms with Crippen LogP contribution in [0, 0.1) is 0 Å². The first-order valence-electron chi connectivity index (χ1n) is 7.85. The Morgan fingerprint density at radius 2 is 1.85 bits per heavy atom. The molecule has 152 valence electrons. The molecule has 27 heavy (non-hydrogen) atoms. The highest BCUT2D eigenvalue weighted by molar-refractivity contribution is 7.89. The maximum Gasteiger partial charge on any atom is 0.426 e. The SMILES string of the molecule is C[C@@](O)(C(=O)Nc1ccc(S(=O)(=O)N2CCC(O)CC2)cc1Cl)C(F)(F)F. The highest BCUT2D eigenvalue weighted by Crippen LogP contribution is 2.33. The Morgan fingerprint density at radius 1 is 1.30 bits per heavy atom. The Balaban J connectivity index is 2.22. The molecule has 3 N–H and O–H groups in total. The lowest BCUT2D eigenvalue weighted by Gasteiger charge is -2.29. The van der Waals surface area contributed by atoms with Crippen LogP contribution < -0.4 is 5.32 Å². The van der Waals surface area contributed by atoms with Gasteiger partial charge in [0.25, 0.3) is 5.91 Å². The lowest BCUT2D eigenvalue weighted by atomic mass is 10.1. The van der Waals surface area contributed by atoms with Gasteiger partial charge in [-0.15, -0.1) is 0 Å². The molecule has 2 rings (SSSR count). The number of aliphatic hydroxyl groups is 2. The van der Waals surface area contributed by atoms with Crippen LogP contribution in [-0.2, 0) is 14.8 Å². The summed E-state index contributed by atoms with van der Waals surface area (Å²) in [5.41, 5.74) is -3.92. The molecule has 0 radical (unpaired) electrons.